The first-order valence-corrected chi connectivity index (χ1v) is 3.72. The molecule has 0 saturated heterocycles. The van der Waals surface area contributed by atoms with Gasteiger partial charge >= 0.3 is 0 Å². The van der Waals surface area contributed by atoms with Gasteiger partial charge in [0.05, 0.1) is 17.8 Å². The second kappa shape index (κ2) is 3.79. The van der Waals surface area contributed by atoms with Crippen LogP contribution in [0.1, 0.15) is 0 Å². The van der Waals surface area contributed by atoms with Gasteiger partial charge in [-0.3, -0.25) is 0 Å². The van der Waals surface area contributed by atoms with Crippen molar-refractivity contribution in [3.63, 3.8) is 0 Å². The van der Waals surface area contributed by atoms with Crippen LogP contribution in [-0.2, 0) is 0 Å². The molecule has 0 N–H and O–H groups in total. The third-order valence-corrected chi connectivity index (χ3v) is 1.55. The van der Waals surface area contributed by atoms with Crippen molar-refractivity contribution in [3.8, 4) is 5.75 Å². The molecule has 0 atom stereocenters. The Morgan fingerprint density at radius 2 is 2.27 bits per heavy atom. The molecule has 0 aliphatic heterocycles. The van der Waals surface area contributed by atoms with E-state index in [2.05, 4.69) is 11.9 Å². The molecule has 1 radical (unpaired) electrons. The maximum Gasteiger partial charge on any atom is 0.156 e. The molecule has 0 aliphatic carbocycles. The van der Waals surface area contributed by atoms with E-state index in [1.54, 1.807) is 0 Å². The molecule has 0 aliphatic rings. The fraction of sp³-hybridized carbons (Fsp3) is 0.143. The molecule has 0 bridgehead atoms. The predicted molar refractivity (Wildman–Crippen MR) is 45.1 cm³/mol. The van der Waals surface area contributed by atoms with Crippen molar-refractivity contribution in [3.05, 3.63) is 29.4 Å². The molecule has 0 aromatic carbocycles. The summed E-state index contributed by atoms with van der Waals surface area (Å²) in [5, 5.41) is 0.806. The summed E-state index contributed by atoms with van der Waals surface area (Å²) in [6.07, 6.45) is 1.47. The Morgan fingerprint density at radius 1 is 1.55 bits per heavy atom. The van der Waals surface area contributed by atoms with Crippen LogP contribution >= 0.6 is 23.2 Å². The van der Waals surface area contributed by atoms with E-state index in [0.717, 1.165) is 0 Å². The van der Waals surface area contributed by atoms with Crippen molar-refractivity contribution in [1.29, 1.82) is 0 Å². The Hall–Kier alpha value is -0.470. The number of hydrogen-bond acceptors (Lipinski definition) is 2. The topological polar surface area (TPSA) is 22.1 Å². The minimum Gasteiger partial charge on any atom is -0.490 e. The van der Waals surface area contributed by atoms with Crippen molar-refractivity contribution in [2.24, 2.45) is 0 Å². The zero-order valence-electron chi connectivity index (χ0n) is 5.68. The van der Waals surface area contributed by atoms with E-state index in [0.29, 0.717) is 22.5 Å². The maximum atomic E-state index is 5.73. The Balaban J connectivity index is 2.90. The van der Waals surface area contributed by atoms with Crippen molar-refractivity contribution in [1.82, 2.24) is 4.98 Å². The standard InChI is InChI=1S/C7H6Cl2NO/c1-2-11-6-4-10-7(9)3-5(6)8/h3-4H,1-2H2. The average Bonchev–Trinajstić information content (AvgIpc) is 1.95. The summed E-state index contributed by atoms with van der Waals surface area (Å²) in [6.45, 7) is 3.83. The largest absolute Gasteiger partial charge is 0.490 e. The Morgan fingerprint density at radius 3 is 2.82 bits per heavy atom. The monoisotopic (exact) mass is 190 g/mol. The first-order chi connectivity index (χ1) is 5.24. The van der Waals surface area contributed by atoms with Gasteiger partial charge in [-0.25, -0.2) is 4.98 Å². The number of hydrogen-bond donors (Lipinski definition) is 0. The minimum absolute atomic E-state index is 0.322. The lowest BCUT2D eigenvalue weighted by molar-refractivity contribution is 0.360. The molecule has 1 heterocycles. The van der Waals surface area contributed by atoms with E-state index >= 15 is 0 Å². The third kappa shape index (κ3) is 2.24. The first-order valence-electron chi connectivity index (χ1n) is 2.97. The number of ether oxygens (including phenoxy) is 1. The van der Waals surface area contributed by atoms with Crippen molar-refractivity contribution >= 4 is 23.2 Å². The lowest BCUT2D eigenvalue weighted by atomic mass is 10.4. The van der Waals surface area contributed by atoms with Crippen LogP contribution in [0, 0.1) is 6.92 Å². The van der Waals surface area contributed by atoms with Gasteiger partial charge in [0.25, 0.3) is 0 Å². The normalized spacial score (nSPS) is 9.73. The second-order valence-corrected chi connectivity index (χ2v) is 2.58. The first kappa shape index (κ1) is 8.62. The molecule has 4 heteroatoms. The number of halogens is 2. The highest BCUT2D eigenvalue weighted by Gasteiger charge is 2.00. The summed E-state index contributed by atoms with van der Waals surface area (Å²) in [7, 11) is 0. The van der Waals surface area contributed by atoms with Gasteiger partial charge in [0.1, 0.15) is 5.15 Å². The molecular formula is C7H6Cl2NO. The molecule has 1 rings (SSSR count). The molecular weight excluding hydrogens is 185 g/mol. The molecule has 1 aromatic heterocycles. The zero-order valence-corrected chi connectivity index (χ0v) is 7.19. The van der Waals surface area contributed by atoms with Gasteiger partial charge in [0, 0.05) is 0 Å². The Labute approximate surface area is 75.1 Å². The highest BCUT2D eigenvalue weighted by atomic mass is 35.5. The summed E-state index contributed by atoms with van der Waals surface area (Å²) in [6, 6.07) is 1.52. The van der Waals surface area contributed by atoms with E-state index in [4.69, 9.17) is 27.9 Å². The number of nitrogens with zero attached hydrogens (tertiary/aromatic N) is 1. The molecule has 59 valence electrons. The van der Waals surface area contributed by atoms with Crippen LogP contribution in [0.25, 0.3) is 0 Å². The molecule has 0 fully saturated rings. The van der Waals surface area contributed by atoms with Crippen LogP contribution in [0.5, 0.6) is 5.75 Å². The average molecular weight is 191 g/mol. The van der Waals surface area contributed by atoms with Crippen LogP contribution < -0.4 is 4.74 Å². The molecule has 0 saturated carbocycles. The smallest absolute Gasteiger partial charge is 0.156 e. The van der Waals surface area contributed by atoms with E-state index in [-0.39, 0.29) is 0 Å². The highest BCUT2D eigenvalue weighted by Crippen LogP contribution is 2.25. The van der Waals surface area contributed by atoms with Gasteiger partial charge in [0.15, 0.2) is 5.75 Å². The summed E-state index contributed by atoms with van der Waals surface area (Å²) in [4.78, 5) is 3.79. The van der Waals surface area contributed by atoms with E-state index in [1.807, 2.05) is 0 Å². The molecule has 11 heavy (non-hydrogen) atoms. The van der Waals surface area contributed by atoms with Gasteiger partial charge in [-0.15, -0.1) is 0 Å². The summed E-state index contributed by atoms with van der Waals surface area (Å²) in [5.41, 5.74) is 0. The fourth-order valence-corrected chi connectivity index (χ4v) is 1.03. The summed E-state index contributed by atoms with van der Waals surface area (Å²) >= 11 is 11.3. The number of pyridine rings is 1. The molecule has 0 spiro atoms. The minimum atomic E-state index is 0.322. The van der Waals surface area contributed by atoms with Crippen LogP contribution in [0.2, 0.25) is 10.2 Å². The lowest BCUT2D eigenvalue weighted by Crippen LogP contribution is -1.92. The van der Waals surface area contributed by atoms with Gasteiger partial charge < -0.3 is 4.74 Å². The van der Waals surface area contributed by atoms with Gasteiger partial charge in [0.2, 0.25) is 0 Å². The van der Waals surface area contributed by atoms with Crippen LogP contribution in [-0.4, -0.2) is 11.6 Å². The van der Waals surface area contributed by atoms with Crippen LogP contribution in [0.4, 0.5) is 0 Å². The van der Waals surface area contributed by atoms with E-state index in [1.165, 1.54) is 12.3 Å². The van der Waals surface area contributed by atoms with E-state index < -0.39 is 0 Å². The van der Waals surface area contributed by atoms with Crippen molar-refractivity contribution in [2.45, 2.75) is 0 Å². The van der Waals surface area contributed by atoms with E-state index in [9.17, 15) is 0 Å². The third-order valence-electron chi connectivity index (χ3n) is 1.04. The van der Waals surface area contributed by atoms with Crippen molar-refractivity contribution < 1.29 is 4.74 Å². The predicted octanol–water partition coefficient (Wildman–Crippen LogP) is 2.60. The molecule has 0 amide bonds. The number of aromatic nitrogens is 1. The molecule has 0 unspecified atom stereocenters. The second-order valence-electron chi connectivity index (χ2n) is 1.79. The van der Waals surface area contributed by atoms with Gasteiger partial charge in [-0.05, 0) is 13.0 Å². The molecule has 1 aromatic rings. The SMILES string of the molecule is [CH2]COc1cnc(Cl)cc1Cl. The highest BCUT2D eigenvalue weighted by molar-refractivity contribution is 6.34. The van der Waals surface area contributed by atoms with Crippen molar-refractivity contribution in [2.75, 3.05) is 6.61 Å². The van der Waals surface area contributed by atoms with Crippen LogP contribution in [0.3, 0.4) is 0 Å². The number of rotatable bonds is 2. The Kier molecular flexibility index (Phi) is 2.97. The van der Waals surface area contributed by atoms with Crippen LogP contribution in [0.15, 0.2) is 12.3 Å². The summed E-state index contributed by atoms with van der Waals surface area (Å²) in [5.74, 6) is 0.506. The quantitative estimate of drug-likeness (QED) is 0.670. The molecule has 2 nitrogen and oxygen atoms in total. The maximum absolute atomic E-state index is 5.73. The fourth-order valence-electron chi connectivity index (χ4n) is 0.611. The van der Waals surface area contributed by atoms with Gasteiger partial charge in [-0.1, -0.05) is 23.2 Å². The Bertz CT molecular complexity index is 252. The summed E-state index contributed by atoms with van der Waals surface area (Å²) < 4.78 is 5.03. The lowest BCUT2D eigenvalue weighted by Gasteiger charge is -2.03. The van der Waals surface area contributed by atoms with Gasteiger partial charge in [-0.2, -0.15) is 0 Å². The zero-order chi connectivity index (χ0) is 8.27.